The van der Waals surface area contributed by atoms with Crippen LogP contribution in [0.5, 0.6) is 0 Å². The maximum absolute atomic E-state index is 12.3. The summed E-state index contributed by atoms with van der Waals surface area (Å²) in [5.41, 5.74) is 5.19. The second-order valence-corrected chi connectivity index (χ2v) is 2.97. The molecule has 0 fully saturated rings. The van der Waals surface area contributed by atoms with Crippen molar-refractivity contribution in [1.82, 2.24) is 4.98 Å². The third-order valence-corrected chi connectivity index (χ3v) is 2.24. The van der Waals surface area contributed by atoms with E-state index in [1.54, 1.807) is 0 Å². The van der Waals surface area contributed by atoms with Gasteiger partial charge in [-0.2, -0.15) is 0 Å². The summed E-state index contributed by atoms with van der Waals surface area (Å²) in [6, 6.07) is 0. The second-order valence-electron chi connectivity index (χ2n) is 2.33. The van der Waals surface area contributed by atoms with Gasteiger partial charge in [-0.1, -0.05) is 11.6 Å². The number of aromatic nitrogens is 1. The summed E-state index contributed by atoms with van der Waals surface area (Å²) in [5.74, 6) is -0.0904. The first kappa shape index (κ1) is 10.5. The summed E-state index contributed by atoms with van der Waals surface area (Å²) in [6.07, 6.45) is -1.65. The number of hydrogen-bond donors (Lipinski definition) is 1. The largest absolute Gasteiger partial charge is 0.382 e. The first-order chi connectivity index (χ1) is 6.07. The topological polar surface area (TPSA) is 38.9 Å². The SMILES string of the molecule is Nc1ncc(C(F)F)c(CCl)c1Cl. The van der Waals surface area contributed by atoms with E-state index in [0.29, 0.717) is 0 Å². The zero-order chi connectivity index (χ0) is 10.0. The molecule has 0 spiro atoms. The van der Waals surface area contributed by atoms with Crippen molar-refractivity contribution in [2.45, 2.75) is 12.3 Å². The molecule has 1 aromatic heterocycles. The van der Waals surface area contributed by atoms with Crippen molar-refractivity contribution in [1.29, 1.82) is 0 Å². The lowest BCUT2D eigenvalue weighted by Crippen LogP contribution is -2.00. The van der Waals surface area contributed by atoms with Crippen LogP contribution in [-0.4, -0.2) is 4.98 Å². The Morgan fingerprint density at radius 2 is 2.15 bits per heavy atom. The maximum Gasteiger partial charge on any atom is 0.265 e. The van der Waals surface area contributed by atoms with Crippen molar-refractivity contribution in [3.8, 4) is 0 Å². The van der Waals surface area contributed by atoms with Gasteiger partial charge in [-0.15, -0.1) is 11.6 Å². The number of nitrogens with two attached hydrogens (primary N) is 1. The van der Waals surface area contributed by atoms with Crippen LogP contribution in [0.1, 0.15) is 17.6 Å². The van der Waals surface area contributed by atoms with E-state index in [4.69, 9.17) is 28.9 Å². The van der Waals surface area contributed by atoms with Gasteiger partial charge in [0.2, 0.25) is 0 Å². The first-order valence-electron chi connectivity index (χ1n) is 3.34. The molecule has 13 heavy (non-hydrogen) atoms. The Kier molecular flexibility index (Phi) is 3.27. The van der Waals surface area contributed by atoms with Crippen molar-refractivity contribution in [2.24, 2.45) is 0 Å². The molecule has 72 valence electrons. The van der Waals surface area contributed by atoms with Gasteiger partial charge in [0.25, 0.3) is 6.43 Å². The highest BCUT2D eigenvalue weighted by Gasteiger charge is 2.17. The van der Waals surface area contributed by atoms with Crippen LogP contribution in [0.4, 0.5) is 14.6 Å². The zero-order valence-electron chi connectivity index (χ0n) is 6.40. The summed E-state index contributed by atoms with van der Waals surface area (Å²) in [7, 11) is 0. The van der Waals surface area contributed by atoms with Crippen LogP contribution < -0.4 is 5.73 Å². The zero-order valence-corrected chi connectivity index (χ0v) is 7.91. The fraction of sp³-hybridized carbons (Fsp3) is 0.286. The van der Waals surface area contributed by atoms with Crippen LogP contribution in [0.25, 0.3) is 0 Å². The van der Waals surface area contributed by atoms with Gasteiger partial charge in [0.1, 0.15) is 5.82 Å². The molecule has 0 aromatic carbocycles. The fourth-order valence-corrected chi connectivity index (χ4v) is 1.46. The summed E-state index contributed by atoms with van der Waals surface area (Å²) in [6.45, 7) is 0. The molecule has 0 bridgehead atoms. The number of alkyl halides is 3. The van der Waals surface area contributed by atoms with Crippen LogP contribution >= 0.6 is 23.2 Å². The van der Waals surface area contributed by atoms with Crippen LogP contribution in [0.15, 0.2) is 6.20 Å². The standard InChI is InChI=1S/C7H6Cl2F2N2/c8-1-3-4(6(10)11)2-13-7(12)5(3)9/h2,6H,1H2,(H2,12,13). The molecule has 0 atom stereocenters. The third kappa shape index (κ3) is 2.00. The van der Waals surface area contributed by atoms with E-state index in [-0.39, 0.29) is 27.8 Å². The second kappa shape index (κ2) is 4.07. The Balaban J connectivity index is 3.30. The molecule has 0 aliphatic rings. The van der Waals surface area contributed by atoms with Crippen molar-refractivity contribution < 1.29 is 8.78 Å². The monoisotopic (exact) mass is 226 g/mol. The van der Waals surface area contributed by atoms with E-state index in [2.05, 4.69) is 4.98 Å². The minimum absolute atomic E-state index is 0.00722. The molecule has 0 radical (unpaired) electrons. The summed E-state index contributed by atoms with van der Waals surface area (Å²) < 4.78 is 24.7. The van der Waals surface area contributed by atoms with Gasteiger partial charge in [0.05, 0.1) is 5.02 Å². The smallest absolute Gasteiger partial charge is 0.265 e. The molecule has 1 rings (SSSR count). The van der Waals surface area contributed by atoms with E-state index in [1.807, 2.05) is 0 Å². The lowest BCUT2D eigenvalue weighted by atomic mass is 10.1. The van der Waals surface area contributed by atoms with E-state index < -0.39 is 6.43 Å². The minimum atomic E-state index is -2.64. The normalized spacial score (nSPS) is 10.8. The first-order valence-corrected chi connectivity index (χ1v) is 4.26. The summed E-state index contributed by atoms with van der Waals surface area (Å²) in [4.78, 5) is 3.52. The highest BCUT2D eigenvalue weighted by Crippen LogP contribution is 2.31. The van der Waals surface area contributed by atoms with Crippen molar-refractivity contribution in [2.75, 3.05) is 5.73 Å². The molecule has 1 aromatic rings. The number of nitrogens with zero attached hydrogens (tertiary/aromatic N) is 1. The van der Waals surface area contributed by atoms with Gasteiger partial charge in [0, 0.05) is 17.6 Å². The Morgan fingerprint density at radius 3 is 2.62 bits per heavy atom. The van der Waals surface area contributed by atoms with Crippen molar-refractivity contribution in [3.63, 3.8) is 0 Å². The van der Waals surface area contributed by atoms with E-state index >= 15 is 0 Å². The maximum atomic E-state index is 12.3. The molecule has 0 unspecified atom stereocenters. The molecule has 0 saturated carbocycles. The Labute approximate surface area is 83.7 Å². The molecular weight excluding hydrogens is 221 g/mol. The number of anilines is 1. The Bertz CT molecular complexity index is 318. The molecule has 0 aliphatic carbocycles. The van der Waals surface area contributed by atoms with Gasteiger partial charge in [0.15, 0.2) is 0 Å². The molecule has 6 heteroatoms. The van der Waals surface area contributed by atoms with Gasteiger partial charge in [-0.05, 0) is 5.56 Å². The van der Waals surface area contributed by atoms with Crippen LogP contribution in [0.2, 0.25) is 5.02 Å². The average Bonchev–Trinajstić information content (AvgIpc) is 2.09. The van der Waals surface area contributed by atoms with Gasteiger partial charge in [-0.25, -0.2) is 13.8 Å². The highest BCUT2D eigenvalue weighted by atomic mass is 35.5. The molecule has 1 heterocycles. The minimum Gasteiger partial charge on any atom is -0.382 e. The quantitative estimate of drug-likeness (QED) is 0.788. The fourth-order valence-electron chi connectivity index (χ4n) is 0.879. The van der Waals surface area contributed by atoms with Gasteiger partial charge < -0.3 is 5.73 Å². The Morgan fingerprint density at radius 1 is 1.54 bits per heavy atom. The van der Waals surface area contributed by atoms with E-state index in [0.717, 1.165) is 6.20 Å². The molecule has 0 amide bonds. The highest BCUT2D eigenvalue weighted by molar-refractivity contribution is 6.34. The molecule has 0 aliphatic heterocycles. The summed E-state index contributed by atoms with van der Waals surface area (Å²) >= 11 is 11.1. The van der Waals surface area contributed by atoms with Crippen molar-refractivity contribution >= 4 is 29.0 Å². The predicted octanol–water partition coefficient (Wildman–Crippen LogP) is 2.99. The summed E-state index contributed by atoms with van der Waals surface area (Å²) in [5, 5.41) is 0.00722. The number of pyridine rings is 1. The van der Waals surface area contributed by atoms with Gasteiger partial charge >= 0.3 is 0 Å². The lowest BCUT2D eigenvalue weighted by molar-refractivity contribution is 0.150. The molecule has 2 nitrogen and oxygen atoms in total. The molecule has 0 saturated heterocycles. The van der Waals surface area contributed by atoms with E-state index in [1.165, 1.54) is 0 Å². The van der Waals surface area contributed by atoms with Crippen molar-refractivity contribution in [3.05, 3.63) is 22.3 Å². The van der Waals surface area contributed by atoms with Gasteiger partial charge in [-0.3, -0.25) is 0 Å². The third-order valence-electron chi connectivity index (χ3n) is 1.55. The van der Waals surface area contributed by atoms with Crippen LogP contribution in [0.3, 0.4) is 0 Å². The van der Waals surface area contributed by atoms with Crippen LogP contribution in [0, 0.1) is 0 Å². The number of nitrogen functional groups attached to an aromatic ring is 1. The Hall–Kier alpha value is -0.610. The predicted molar refractivity (Wildman–Crippen MR) is 48.2 cm³/mol. The lowest BCUT2D eigenvalue weighted by Gasteiger charge is -2.08. The molecular formula is C7H6Cl2F2N2. The number of rotatable bonds is 2. The van der Waals surface area contributed by atoms with E-state index in [9.17, 15) is 8.78 Å². The molecule has 2 N–H and O–H groups in total. The number of hydrogen-bond acceptors (Lipinski definition) is 2. The average molecular weight is 227 g/mol. The van der Waals surface area contributed by atoms with Crippen LogP contribution in [-0.2, 0) is 5.88 Å². The number of halogens is 4.